The minimum absolute atomic E-state index is 0.303. The summed E-state index contributed by atoms with van der Waals surface area (Å²) in [6.07, 6.45) is 1.90. The zero-order chi connectivity index (χ0) is 10.6. The van der Waals surface area contributed by atoms with Crippen molar-refractivity contribution >= 4 is 5.78 Å². The quantitative estimate of drug-likeness (QED) is 0.678. The number of ether oxygens (including phenoxy) is 1. The van der Waals surface area contributed by atoms with Crippen LogP contribution in [0, 0.1) is 17.3 Å². The molecule has 3 unspecified atom stereocenters. The lowest BCUT2D eigenvalue weighted by molar-refractivity contribution is -0.210. The Balaban J connectivity index is 2.27. The van der Waals surface area contributed by atoms with Gasteiger partial charge in [0.1, 0.15) is 5.60 Å². The Morgan fingerprint density at radius 2 is 2.07 bits per heavy atom. The van der Waals surface area contributed by atoms with E-state index < -0.39 is 5.60 Å². The van der Waals surface area contributed by atoms with E-state index in [0.717, 1.165) is 6.42 Å². The second-order valence-electron chi connectivity index (χ2n) is 5.47. The van der Waals surface area contributed by atoms with Gasteiger partial charge in [-0.15, -0.1) is 0 Å². The van der Waals surface area contributed by atoms with Crippen LogP contribution in [-0.4, -0.2) is 18.0 Å². The first kappa shape index (κ1) is 10.2. The van der Waals surface area contributed by atoms with Gasteiger partial charge in [0.25, 0.3) is 0 Å². The van der Waals surface area contributed by atoms with Crippen LogP contribution < -0.4 is 0 Å². The standard InChI is InChI=1S/C12H20O2/c1-5-14-12(4)9-6-8(7-10(12)13)11(9,2)3/h8-9H,5-7H2,1-4H3. The topological polar surface area (TPSA) is 26.3 Å². The van der Waals surface area contributed by atoms with E-state index in [0.29, 0.717) is 29.6 Å². The largest absolute Gasteiger partial charge is 0.367 e. The van der Waals surface area contributed by atoms with Crippen LogP contribution in [-0.2, 0) is 9.53 Å². The number of fused-ring (bicyclic) bond motifs is 2. The number of hydrogen-bond acceptors (Lipinski definition) is 2. The third-order valence-corrected chi connectivity index (χ3v) is 4.57. The van der Waals surface area contributed by atoms with Crippen LogP contribution in [0.4, 0.5) is 0 Å². The highest BCUT2D eigenvalue weighted by Crippen LogP contribution is 2.62. The molecule has 3 fully saturated rings. The predicted molar refractivity (Wildman–Crippen MR) is 55.0 cm³/mol. The van der Waals surface area contributed by atoms with Crippen LogP contribution in [0.15, 0.2) is 0 Å². The Labute approximate surface area is 86.0 Å². The van der Waals surface area contributed by atoms with Gasteiger partial charge in [-0.2, -0.15) is 0 Å². The third-order valence-electron chi connectivity index (χ3n) is 4.57. The van der Waals surface area contributed by atoms with Crippen molar-refractivity contribution in [2.24, 2.45) is 17.3 Å². The summed E-state index contributed by atoms with van der Waals surface area (Å²) in [6.45, 7) is 9.14. The fourth-order valence-corrected chi connectivity index (χ4v) is 3.40. The highest BCUT2D eigenvalue weighted by Gasteiger charge is 2.63. The van der Waals surface area contributed by atoms with Gasteiger partial charge in [0, 0.05) is 18.9 Å². The van der Waals surface area contributed by atoms with Crippen molar-refractivity contribution in [2.45, 2.75) is 46.1 Å². The third kappa shape index (κ3) is 1.04. The summed E-state index contributed by atoms with van der Waals surface area (Å²) < 4.78 is 5.72. The van der Waals surface area contributed by atoms with Gasteiger partial charge >= 0.3 is 0 Å². The molecule has 14 heavy (non-hydrogen) atoms. The zero-order valence-electron chi connectivity index (χ0n) is 9.59. The first-order valence-electron chi connectivity index (χ1n) is 5.60. The van der Waals surface area contributed by atoms with Gasteiger partial charge in [0.05, 0.1) is 0 Å². The number of carbonyl (C=O) groups is 1. The van der Waals surface area contributed by atoms with Crippen LogP contribution >= 0.6 is 0 Å². The molecule has 0 saturated heterocycles. The molecule has 0 spiro atoms. The Hall–Kier alpha value is -0.370. The van der Waals surface area contributed by atoms with Gasteiger partial charge < -0.3 is 4.74 Å². The van der Waals surface area contributed by atoms with Gasteiger partial charge in [0.15, 0.2) is 5.78 Å². The second kappa shape index (κ2) is 2.82. The molecule has 3 aliphatic rings. The molecule has 3 rings (SSSR count). The Morgan fingerprint density at radius 1 is 1.43 bits per heavy atom. The first-order chi connectivity index (χ1) is 6.43. The molecule has 2 heteroatoms. The first-order valence-corrected chi connectivity index (χ1v) is 5.60. The molecule has 2 bridgehead atoms. The van der Waals surface area contributed by atoms with E-state index in [1.54, 1.807) is 0 Å². The van der Waals surface area contributed by atoms with E-state index in [-0.39, 0.29) is 0 Å². The molecule has 0 aromatic rings. The van der Waals surface area contributed by atoms with Gasteiger partial charge in [-0.25, -0.2) is 0 Å². The maximum absolute atomic E-state index is 11.9. The minimum atomic E-state index is -0.493. The molecule has 0 aromatic heterocycles. The van der Waals surface area contributed by atoms with Gasteiger partial charge in [-0.3, -0.25) is 4.79 Å². The molecular weight excluding hydrogens is 176 g/mol. The fraction of sp³-hybridized carbons (Fsp3) is 0.917. The van der Waals surface area contributed by atoms with Gasteiger partial charge in [-0.05, 0) is 31.6 Å². The highest BCUT2D eigenvalue weighted by molar-refractivity contribution is 5.89. The Kier molecular flexibility index (Phi) is 2.04. The highest BCUT2D eigenvalue weighted by atomic mass is 16.5. The summed E-state index contributed by atoms with van der Waals surface area (Å²) in [4.78, 5) is 11.9. The fourth-order valence-electron chi connectivity index (χ4n) is 3.40. The monoisotopic (exact) mass is 196 g/mol. The average Bonchev–Trinajstić information content (AvgIpc) is 2.09. The van der Waals surface area contributed by atoms with Crippen LogP contribution in [0.1, 0.15) is 40.5 Å². The van der Waals surface area contributed by atoms with Crippen molar-refractivity contribution in [3.8, 4) is 0 Å². The van der Waals surface area contributed by atoms with E-state index in [9.17, 15) is 4.79 Å². The molecule has 3 aliphatic carbocycles. The number of hydrogen-bond donors (Lipinski definition) is 0. The lowest BCUT2D eigenvalue weighted by Gasteiger charge is -2.62. The molecular formula is C12H20O2. The van der Waals surface area contributed by atoms with Gasteiger partial charge in [0.2, 0.25) is 0 Å². The minimum Gasteiger partial charge on any atom is -0.367 e. The van der Waals surface area contributed by atoms with Crippen LogP contribution in [0.25, 0.3) is 0 Å². The smallest absolute Gasteiger partial charge is 0.164 e. The van der Waals surface area contributed by atoms with Crippen LogP contribution in [0.3, 0.4) is 0 Å². The van der Waals surface area contributed by atoms with Crippen molar-refractivity contribution in [1.82, 2.24) is 0 Å². The normalized spacial score (nSPS) is 44.7. The van der Waals surface area contributed by atoms with Crippen molar-refractivity contribution in [3.63, 3.8) is 0 Å². The van der Waals surface area contributed by atoms with E-state index in [4.69, 9.17) is 4.74 Å². The van der Waals surface area contributed by atoms with Crippen molar-refractivity contribution in [2.75, 3.05) is 6.61 Å². The summed E-state index contributed by atoms with van der Waals surface area (Å²) in [5, 5.41) is 0. The summed E-state index contributed by atoms with van der Waals surface area (Å²) in [5.41, 5.74) is -0.190. The van der Waals surface area contributed by atoms with E-state index in [2.05, 4.69) is 13.8 Å². The molecule has 0 aliphatic heterocycles. The number of ketones is 1. The number of carbonyl (C=O) groups excluding carboxylic acids is 1. The van der Waals surface area contributed by atoms with Crippen molar-refractivity contribution in [3.05, 3.63) is 0 Å². The SMILES string of the molecule is CCOC1(C)C(=O)CC2CC1C2(C)C. The van der Waals surface area contributed by atoms with Crippen LogP contribution in [0.5, 0.6) is 0 Å². The molecule has 0 heterocycles. The van der Waals surface area contributed by atoms with Crippen LogP contribution in [0.2, 0.25) is 0 Å². The Bertz CT molecular complexity index is 269. The van der Waals surface area contributed by atoms with Gasteiger partial charge in [-0.1, -0.05) is 13.8 Å². The molecule has 0 radical (unpaired) electrons. The van der Waals surface area contributed by atoms with Crippen molar-refractivity contribution in [1.29, 1.82) is 0 Å². The van der Waals surface area contributed by atoms with E-state index in [1.165, 1.54) is 6.42 Å². The molecule has 0 aromatic carbocycles. The lowest BCUT2D eigenvalue weighted by atomic mass is 9.44. The second-order valence-corrected chi connectivity index (χ2v) is 5.47. The maximum Gasteiger partial charge on any atom is 0.164 e. The number of rotatable bonds is 2. The summed E-state index contributed by atoms with van der Waals surface area (Å²) in [5.74, 6) is 1.36. The van der Waals surface area contributed by atoms with Crippen molar-refractivity contribution < 1.29 is 9.53 Å². The predicted octanol–water partition coefficient (Wildman–Crippen LogP) is 2.42. The molecule has 3 saturated carbocycles. The maximum atomic E-state index is 11.9. The lowest BCUT2D eigenvalue weighted by Crippen LogP contribution is -2.65. The Morgan fingerprint density at radius 3 is 2.57 bits per heavy atom. The molecule has 80 valence electrons. The summed E-state index contributed by atoms with van der Waals surface area (Å²) in [7, 11) is 0. The number of Topliss-reactive ketones (excluding diaryl/α,β-unsaturated/α-hetero) is 1. The molecule has 0 N–H and O–H groups in total. The summed E-state index contributed by atoms with van der Waals surface area (Å²) >= 11 is 0. The molecule has 3 atom stereocenters. The zero-order valence-corrected chi connectivity index (χ0v) is 9.59. The molecule has 0 amide bonds. The summed E-state index contributed by atoms with van der Waals surface area (Å²) in [6, 6.07) is 0. The average molecular weight is 196 g/mol. The van der Waals surface area contributed by atoms with E-state index >= 15 is 0 Å². The van der Waals surface area contributed by atoms with E-state index in [1.807, 2.05) is 13.8 Å². The molecule has 2 nitrogen and oxygen atoms in total.